The third kappa shape index (κ3) is 3.42. The molecule has 1 amide bonds. The number of halogens is 5. The van der Waals surface area contributed by atoms with E-state index in [1.165, 1.54) is 18.4 Å². The van der Waals surface area contributed by atoms with Crippen molar-refractivity contribution in [3.05, 3.63) is 71.8 Å². The topological polar surface area (TPSA) is 72.4 Å². The highest BCUT2D eigenvalue weighted by atomic mass is 19.4. The zero-order chi connectivity index (χ0) is 20.8. The second-order valence-corrected chi connectivity index (χ2v) is 5.87. The molecule has 1 aromatic carbocycles. The summed E-state index contributed by atoms with van der Waals surface area (Å²) in [5.74, 6) is -2.70. The average Bonchev–Trinajstić information content (AvgIpc) is 3.32. The van der Waals surface area contributed by atoms with Gasteiger partial charge in [0.15, 0.2) is 17.1 Å². The Morgan fingerprint density at radius 3 is 2.62 bits per heavy atom. The second kappa shape index (κ2) is 6.69. The molecule has 1 N–H and O–H groups in total. The Balaban J connectivity index is 1.84. The van der Waals surface area contributed by atoms with Crippen molar-refractivity contribution in [1.29, 1.82) is 0 Å². The summed E-state index contributed by atoms with van der Waals surface area (Å²) in [5.41, 5.74) is -2.65. The third-order valence-electron chi connectivity index (χ3n) is 3.96. The fourth-order valence-electron chi connectivity index (χ4n) is 2.66. The van der Waals surface area contributed by atoms with Gasteiger partial charge in [-0.25, -0.2) is 18.3 Å². The Bertz CT molecular complexity index is 1220. The molecular formula is C18H9F5N4O2. The van der Waals surface area contributed by atoms with E-state index in [1.54, 1.807) is 0 Å². The first-order valence-corrected chi connectivity index (χ1v) is 8.00. The van der Waals surface area contributed by atoms with Gasteiger partial charge in [-0.15, -0.1) is 0 Å². The van der Waals surface area contributed by atoms with Gasteiger partial charge < -0.3 is 9.73 Å². The minimum absolute atomic E-state index is 0.0433. The average molecular weight is 408 g/mol. The van der Waals surface area contributed by atoms with E-state index in [0.29, 0.717) is 4.52 Å². The van der Waals surface area contributed by atoms with Crippen LogP contribution in [-0.4, -0.2) is 20.5 Å². The Morgan fingerprint density at radius 1 is 1.14 bits per heavy atom. The van der Waals surface area contributed by atoms with E-state index >= 15 is 0 Å². The molecule has 0 aliphatic heterocycles. The summed E-state index contributed by atoms with van der Waals surface area (Å²) in [6, 6.07) is 5.99. The van der Waals surface area contributed by atoms with Gasteiger partial charge in [0, 0.05) is 6.07 Å². The number of hydrogen-bond acceptors (Lipinski definition) is 4. The Kier molecular flexibility index (Phi) is 4.29. The number of furan rings is 1. The van der Waals surface area contributed by atoms with Crippen molar-refractivity contribution in [1.82, 2.24) is 14.6 Å². The lowest BCUT2D eigenvalue weighted by Crippen LogP contribution is -2.16. The smallest absolute Gasteiger partial charge is 0.433 e. The Labute approximate surface area is 158 Å². The van der Waals surface area contributed by atoms with Gasteiger partial charge in [0.25, 0.3) is 5.91 Å². The van der Waals surface area contributed by atoms with E-state index in [2.05, 4.69) is 15.4 Å². The molecule has 6 nitrogen and oxygen atoms in total. The number of rotatable bonds is 3. The zero-order valence-electron chi connectivity index (χ0n) is 14.2. The molecule has 4 aromatic rings. The van der Waals surface area contributed by atoms with Crippen LogP contribution in [0.15, 0.2) is 53.3 Å². The third-order valence-corrected chi connectivity index (χ3v) is 3.96. The first-order chi connectivity index (χ1) is 13.7. The van der Waals surface area contributed by atoms with Gasteiger partial charge in [-0.1, -0.05) is 0 Å². The SMILES string of the molecule is O=C(Nc1cc(F)ccc1F)c1cnn2c(C(F)(F)F)cc(-c3ccco3)nc12. The first-order valence-electron chi connectivity index (χ1n) is 8.00. The molecule has 0 saturated heterocycles. The van der Waals surface area contributed by atoms with Gasteiger partial charge in [-0.2, -0.15) is 18.3 Å². The summed E-state index contributed by atoms with van der Waals surface area (Å²) in [4.78, 5) is 16.5. The van der Waals surface area contributed by atoms with E-state index < -0.39 is 40.7 Å². The summed E-state index contributed by atoms with van der Waals surface area (Å²) in [6.07, 6.45) is -2.70. The molecule has 0 unspecified atom stereocenters. The van der Waals surface area contributed by atoms with Crippen LogP contribution in [0.4, 0.5) is 27.6 Å². The summed E-state index contributed by atoms with van der Waals surface area (Å²) in [7, 11) is 0. The Hall–Kier alpha value is -3.76. The molecule has 0 spiro atoms. The van der Waals surface area contributed by atoms with Crippen LogP contribution in [0, 0.1) is 11.6 Å². The number of hydrogen-bond donors (Lipinski definition) is 1. The Morgan fingerprint density at radius 2 is 1.93 bits per heavy atom. The predicted octanol–water partition coefficient (Wildman–Crippen LogP) is 4.54. The molecule has 4 rings (SSSR count). The number of alkyl halides is 3. The largest absolute Gasteiger partial charge is 0.463 e. The lowest BCUT2D eigenvalue weighted by atomic mass is 10.2. The molecule has 0 aliphatic rings. The normalized spacial score (nSPS) is 11.8. The van der Waals surface area contributed by atoms with Gasteiger partial charge in [0.1, 0.15) is 22.9 Å². The summed E-state index contributed by atoms with van der Waals surface area (Å²) in [5, 5.41) is 5.69. The molecule has 0 aliphatic carbocycles. The molecule has 0 atom stereocenters. The lowest BCUT2D eigenvalue weighted by Gasteiger charge is -2.11. The number of carbonyl (C=O) groups excluding carboxylic acids is 1. The molecule has 0 bridgehead atoms. The molecule has 148 valence electrons. The minimum atomic E-state index is -4.81. The van der Waals surface area contributed by atoms with E-state index in [9.17, 15) is 26.7 Å². The van der Waals surface area contributed by atoms with Crippen LogP contribution >= 0.6 is 0 Å². The maximum Gasteiger partial charge on any atom is 0.433 e. The van der Waals surface area contributed by atoms with Gasteiger partial charge in [0.2, 0.25) is 0 Å². The summed E-state index contributed by atoms with van der Waals surface area (Å²) in [6.45, 7) is 0. The summed E-state index contributed by atoms with van der Waals surface area (Å²) >= 11 is 0. The van der Waals surface area contributed by atoms with Crippen molar-refractivity contribution < 1.29 is 31.2 Å². The van der Waals surface area contributed by atoms with Crippen molar-refractivity contribution in [3.63, 3.8) is 0 Å². The van der Waals surface area contributed by atoms with Gasteiger partial charge in [-0.05, 0) is 30.3 Å². The lowest BCUT2D eigenvalue weighted by molar-refractivity contribution is -0.142. The monoisotopic (exact) mass is 408 g/mol. The molecule has 3 heterocycles. The number of amides is 1. The fourth-order valence-corrected chi connectivity index (χ4v) is 2.66. The van der Waals surface area contributed by atoms with Crippen molar-refractivity contribution in [2.45, 2.75) is 6.18 Å². The molecule has 3 aromatic heterocycles. The van der Waals surface area contributed by atoms with Crippen molar-refractivity contribution in [3.8, 4) is 11.5 Å². The van der Waals surface area contributed by atoms with Crippen LogP contribution < -0.4 is 5.32 Å². The first kappa shape index (κ1) is 18.6. The maximum atomic E-state index is 13.8. The number of anilines is 1. The van der Waals surface area contributed by atoms with Crippen LogP contribution in [0.3, 0.4) is 0 Å². The highest BCUT2D eigenvalue weighted by molar-refractivity contribution is 6.08. The highest BCUT2D eigenvalue weighted by Crippen LogP contribution is 2.33. The second-order valence-electron chi connectivity index (χ2n) is 5.87. The number of benzene rings is 1. The van der Waals surface area contributed by atoms with E-state index in [1.807, 2.05) is 0 Å². The molecule has 0 fully saturated rings. The number of carbonyl (C=O) groups is 1. The number of nitrogens with zero attached hydrogens (tertiary/aromatic N) is 3. The van der Waals surface area contributed by atoms with Crippen LogP contribution in [0.1, 0.15) is 16.1 Å². The molecule has 0 saturated carbocycles. The number of nitrogens with one attached hydrogen (secondary N) is 1. The molecule has 0 radical (unpaired) electrons. The molecule has 11 heteroatoms. The van der Waals surface area contributed by atoms with Gasteiger partial charge in [0.05, 0.1) is 18.1 Å². The standard InChI is InChI=1S/C18H9F5N4O2/c19-9-3-4-11(20)12(6-9)26-17(28)10-8-24-27-15(18(21,22)23)7-13(25-16(10)27)14-2-1-5-29-14/h1-8H,(H,26,28). The van der Waals surface area contributed by atoms with E-state index in [-0.39, 0.29) is 17.0 Å². The molecule has 29 heavy (non-hydrogen) atoms. The molecular weight excluding hydrogens is 399 g/mol. The van der Waals surface area contributed by atoms with Crippen LogP contribution in [0.5, 0.6) is 0 Å². The number of aromatic nitrogens is 3. The van der Waals surface area contributed by atoms with Crippen molar-refractivity contribution in [2.75, 3.05) is 5.32 Å². The zero-order valence-corrected chi connectivity index (χ0v) is 14.2. The quantitative estimate of drug-likeness (QED) is 0.506. The van der Waals surface area contributed by atoms with Crippen LogP contribution in [-0.2, 0) is 6.18 Å². The van der Waals surface area contributed by atoms with Crippen molar-refractivity contribution >= 4 is 17.2 Å². The maximum absolute atomic E-state index is 13.8. The number of fused-ring (bicyclic) bond motifs is 1. The van der Waals surface area contributed by atoms with Crippen LogP contribution in [0.2, 0.25) is 0 Å². The van der Waals surface area contributed by atoms with Crippen LogP contribution in [0.25, 0.3) is 17.1 Å². The summed E-state index contributed by atoms with van der Waals surface area (Å²) < 4.78 is 73.1. The van der Waals surface area contributed by atoms with Gasteiger partial charge in [-0.3, -0.25) is 4.79 Å². The minimum Gasteiger partial charge on any atom is -0.463 e. The highest BCUT2D eigenvalue weighted by Gasteiger charge is 2.36. The van der Waals surface area contributed by atoms with E-state index in [0.717, 1.165) is 30.5 Å². The fraction of sp³-hybridized carbons (Fsp3) is 0.0556. The van der Waals surface area contributed by atoms with Gasteiger partial charge >= 0.3 is 6.18 Å². The predicted molar refractivity (Wildman–Crippen MR) is 90.0 cm³/mol. The van der Waals surface area contributed by atoms with Crippen molar-refractivity contribution in [2.24, 2.45) is 0 Å². The van der Waals surface area contributed by atoms with E-state index in [4.69, 9.17) is 4.42 Å².